The Kier molecular flexibility index (Phi) is 4.26. The number of hydrogen-bond donors (Lipinski definition) is 2. The molecule has 2 aromatic carbocycles. The SMILES string of the molecule is O=C(NCC1CNC1)c1cccc(CN2C(=O)c3ccccc3C2=O)c1. The summed E-state index contributed by atoms with van der Waals surface area (Å²) < 4.78 is 0. The first-order chi connectivity index (χ1) is 12.6. The third-order valence-corrected chi connectivity index (χ3v) is 4.83. The molecule has 6 heteroatoms. The molecule has 132 valence electrons. The van der Waals surface area contributed by atoms with Gasteiger partial charge < -0.3 is 10.6 Å². The van der Waals surface area contributed by atoms with Crippen LogP contribution >= 0.6 is 0 Å². The highest BCUT2D eigenvalue weighted by Crippen LogP contribution is 2.24. The fourth-order valence-electron chi connectivity index (χ4n) is 3.21. The first-order valence-electron chi connectivity index (χ1n) is 8.66. The van der Waals surface area contributed by atoms with Gasteiger partial charge in [0.1, 0.15) is 0 Å². The number of carbonyl (C=O) groups is 3. The minimum atomic E-state index is -0.294. The molecule has 3 amide bonds. The lowest BCUT2D eigenvalue weighted by molar-refractivity contribution is 0.0642. The number of rotatable bonds is 5. The molecule has 2 N–H and O–H groups in total. The normalized spacial score (nSPS) is 16.4. The number of benzene rings is 2. The number of imide groups is 1. The highest BCUT2D eigenvalue weighted by Gasteiger charge is 2.35. The molecule has 0 atom stereocenters. The van der Waals surface area contributed by atoms with Crippen molar-refractivity contribution in [2.24, 2.45) is 5.92 Å². The van der Waals surface area contributed by atoms with Gasteiger partial charge in [-0.1, -0.05) is 24.3 Å². The fourth-order valence-corrected chi connectivity index (χ4v) is 3.21. The van der Waals surface area contributed by atoms with Crippen molar-refractivity contribution in [3.05, 3.63) is 70.8 Å². The van der Waals surface area contributed by atoms with Gasteiger partial charge in [-0.05, 0) is 29.8 Å². The number of carbonyl (C=O) groups excluding carboxylic acids is 3. The van der Waals surface area contributed by atoms with Crippen LogP contribution in [0.2, 0.25) is 0 Å². The average Bonchev–Trinajstić information content (AvgIpc) is 2.86. The van der Waals surface area contributed by atoms with Crippen LogP contribution < -0.4 is 10.6 Å². The van der Waals surface area contributed by atoms with E-state index in [1.54, 1.807) is 42.5 Å². The molecule has 0 aliphatic carbocycles. The average molecular weight is 349 g/mol. The van der Waals surface area contributed by atoms with E-state index in [1.807, 2.05) is 6.07 Å². The van der Waals surface area contributed by atoms with Gasteiger partial charge in [-0.25, -0.2) is 0 Å². The summed E-state index contributed by atoms with van der Waals surface area (Å²) in [5.74, 6) is -0.238. The van der Waals surface area contributed by atoms with E-state index in [-0.39, 0.29) is 24.3 Å². The van der Waals surface area contributed by atoms with Crippen LogP contribution in [0.5, 0.6) is 0 Å². The summed E-state index contributed by atoms with van der Waals surface area (Å²) in [6, 6.07) is 13.9. The van der Waals surface area contributed by atoms with Crippen LogP contribution in [-0.2, 0) is 6.54 Å². The first kappa shape index (κ1) is 16.5. The molecule has 2 aliphatic heterocycles. The van der Waals surface area contributed by atoms with Crippen LogP contribution in [0.4, 0.5) is 0 Å². The maximum absolute atomic E-state index is 12.5. The summed E-state index contributed by atoms with van der Waals surface area (Å²) in [4.78, 5) is 38.5. The standard InChI is InChI=1S/C20H19N3O3/c24-18(22-11-14-9-21-10-14)15-5-3-4-13(8-15)12-23-19(25)16-6-1-2-7-17(16)20(23)26/h1-8,14,21H,9-12H2,(H,22,24). The van der Waals surface area contributed by atoms with Gasteiger partial charge >= 0.3 is 0 Å². The lowest BCUT2D eigenvalue weighted by atomic mass is 10.0. The van der Waals surface area contributed by atoms with E-state index >= 15 is 0 Å². The Hall–Kier alpha value is -2.99. The Morgan fingerprint density at radius 3 is 2.35 bits per heavy atom. The van der Waals surface area contributed by atoms with Crippen LogP contribution in [0.25, 0.3) is 0 Å². The van der Waals surface area contributed by atoms with Gasteiger partial charge in [-0.2, -0.15) is 0 Å². The molecule has 0 aromatic heterocycles. The molecule has 6 nitrogen and oxygen atoms in total. The maximum Gasteiger partial charge on any atom is 0.261 e. The quantitative estimate of drug-likeness (QED) is 0.801. The second kappa shape index (κ2) is 6.72. The van der Waals surface area contributed by atoms with Gasteiger partial charge in [-0.15, -0.1) is 0 Å². The minimum Gasteiger partial charge on any atom is -0.352 e. The molecule has 1 saturated heterocycles. The topological polar surface area (TPSA) is 78.5 Å². The third-order valence-electron chi connectivity index (χ3n) is 4.83. The number of fused-ring (bicyclic) bond motifs is 1. The Bertz CT molecular complexity index is 854. The van der Waals surface area contributed by atoms with E-state index < -0.39 is 0 Å². The smallest absolute Gasteiger partial charge is 0.261 e. The molecular formula is C20H19N3O3. The molecule has 4 rings (SSSR count). The molecule has 0 unspecified atom stereocenters. The molecule has 0 saturated carbocycles. The number of nitrogens with one attached hydrogen (secondary N) is 2. The van der Waals surface area contributed by atoms with E-state index in [0.29, 0.717) is 29.2 Å². The highest BCUT2D eigenvalue weighted by atomic mass is 16.2. The summed E-state index contributed by atoms with van der Waals surface area (Å²) in [6.45, 7) is 2.66. The van der Waals surface area contributed by atoms with Crippen molar-refractivity contribution in [2.75, 3.05) is 19.6 Å². The summed E-state index contributed by atoms with van der Waals surface area (Å²) in [5, 5.41) is 6.10. The van der Waals surface area contributed by atoms with E-state index in [2.05, 4.69) is 10.6 Å². The number of nitrogens with zero attached hydrogens (tertiary/aromatic N) is 1. The van der Waals surface area contributed by atoms with Crippen molar-refractivity contribution in [1.29, 1.82) is 0 Å². The van der Waals surface area contributed by atoms with E-state index in [4.69, 9.17) is 0 Å². The molecule has 0 bridgehead atoms. The zero-order chi connectivity index (χ0) is 18.1. The van der Waals surface area contributed by atoms with Crippen LogP contribution in [0.15, 0.2) is 48.5 Å². The second-order valence-corrected chi connectivity index (χ2v) is 6.68. The van der Waals surface area contributed by atoms with Gasteiger partial charge in [0, 0.05) is 31.1 Å². The van der Waals surface area contributed by atoms with Crippen LogP contribution in [-0.4, -0.2) is 42.3 Å². The molecule has 0 radical (unpaired) electrons. The van der Waals surface area contributed by atoms with Crippen molar-refractivity contribution in [3.63, 3.8) is 0 Å². The van der Waals surface area contributed by atoms with Crippen molar-refractivity contribution in [1.82, 2.24) is 15.5 Å². The van der Waals surface area contributed by atoms with Gasteiger partial charge in [0.05, 0.1) is 17.7 Å². The predicted molar refractivity (Wildman–Crippen MR) is 95.8 cm³/mol. The third kappa shape index (κ3) is 2.99. The fraction of sp³-hybridized carbons (Fsp3) is 0.250. The molecule has 1 fully saturated rings. The van der Waals surface area contributed by atoms with Gasteiger partial charge in [0.2, 0.25) is 0 Å². The van der Waals surface area contributed by atoms with E-state index in [1.165, 1.54) is 4.90 Å². The summed E-state index contributed by atoms with van der Waals surface area (Å²) in [7, 11) is 0. The number of amides is 3. The first-order valence-corrected chi connectivity index (χ1v) is 8.66. The van der Waals surface area contributed by atoms with Crippen LogP contribution in [0, 0.1) is 5.92 Å². The lowest BCUT2D eigenvalue weighted by Crippen LogP contribution is -2.48. The number of hydrogen-bond acceptors (Lipinski definition) is 4. The van der Waals surface area contributed by atoms with Gasteiger partial charge in [-0.3, -0.25) is 19.3 Å². The van der Waals surface area contributed by atoms with Crippen LogP contribution in [0.3, 0.4) is 0 Å². The molecule has 2 aliphatic rings. The second-order valence-electron chi connectivity index (χ2n) is 6.68. The predicted octanol–water partition coefficient (Wildman–Crippen LogP) is 1.43. The Labute approximate surface area is 151 Å². The molecule has 2 aromatic rings. The molecule has 0 spiro atoms. The Balaban J connectivity index is 1.46. The molecule has 2 heterocycles. The molecule has 26 heavy (non-hydrogen) atoms. The monoisotopic (exact) mass is 349 g/mol. The summed E-state index contributed by atoms with van der Waals surface area (Å²) >= 11 is 0. The zero-order valence-corrected chi connectivity index (χ0v) is 14.2. The van der Waals surface area contributed by atoms with E-state index in [0.717, 1.165) is 18.7 Å². The maximum atomic E-state index is 12.5. The zero-order valence-electron chi connectivity index (χ0n) is 14.2. The Morgan fingerprint density at radius 2 is 1.73 bits per heavy atom. The van der Waals surface area contributed by atoms with Crippen LogP contribution in [0.1, 0.15) is 36.6 Å². The Morgan fingerprint density at radius 1 is 1.04 bits per heavy atom. The van der Waals surface area contributed by atoms with Gasteiger partial charge in [0.15, 0.2) is 0 Å². The lowest BCUT2D eigenvalue weighted by Gasteiger charge is -2.27. The van der Waals surface area contributed by atoms with Gasteiger partial charge in [0.25, 0.3) is 17.7 Å². The summed E-state index contributed by atoms with van der Waals surface area (Å²) in [6.07, 6.45) is 0. The minimum absolute atomic E-state index is 0.138. The van der Waals surface area contributed by atoms with E-state index in [9.17, 15) is 14.4 Å². The van der Waals surface area contributed by atoms with Crippen molar-refractivity contribution in [2.45, 2.75) is 6.54 Å². The van der Waals surface area contributed by atoms with Crippen molar-refractivity contribution in [3.8, 4) is 0 Å². The largest absolute Gasteiger partial charge is 0.352 e. The molecular weight excluding hydrogens is 330 g/mol. The summed E-state index contributed by atoms with van der Waals surface area (Å²) in [5.41, 5.74) is 2.14. The highest BCUT2D eigenvalue weighted by molar-refractivity contribution is 6.21. The van der Waals surface area contributed by atoms with Crippen molar-refractivity contribution >= 4 is 17.7 Å². The van der Waals surface area contributed by atoms with Crippen molar-refractivity contribution < 1.29 is 14.4 Å².